The summed E-state index contributed by atoms with van der Waals surface area (Å²) in [5.74, 6) is 1.75. The van der Waals surface area contributed by atoms with Crippen LogP contribution < -0.4 is 4.90 Å². The number of anilines is 3. The van der Waals surface area contributed by atoms with Crippen molar-refractivity contribution in [1.82, 2.24) is 18.7 Å². The lowest BCUT2D eigenvalue weighted by molar-refractivity contribution is 1.01. The zero-order valence-electron chi connectivity index (χ0n) is 31.4. The molecule has 4 aromatic heterocycles. The number of rotatable bonds is 6. The topological polar surface area (TPSA) is 30.9 Å². The molecule has 0 bridgehead atoms. The van der Waals surface area contributed by atoms with E-state index in [-0.39, 0.29) is 0 Å². The molecule has 12 rings (SSSR count). The molecule has 0 spiro atoms. The summed E-state index contributed by atoms with van der Waals surface area (Å²) in [5.41, 5.74) is 11.2. The van der Waals surface area contributed by atoms with Crippen molar-refractivity contribution in [2.24, 2.45) is 0 Å². The Morgan fingerprint density at radius 3 is 1.21 bits per heavy atom. The van der Waals surface area contributed by atoms with Gasteiger partial charge in [0.1, 0.15) is 11.6 Å². The minimum atomic E-state index is 0.871. The highest BCUT2D eigenvalue weighted by atomic mass is 15.2. The van der Waals surface area contributed by atoms with Gasteiger partial charge >= 0.3 is 0 Å². The smallest absolute Gasteiger partial charge is 0.140 e. The first-order valence-corrected chi connectivity index (χ1v) is 19.7. The van der Waals surface area contributed by atoms with E-state index in [4.69, 9.17) is 4.98 Å². The number of pyridine rings is 1. The van der Waals surface area contributed by atoms with Gasteiger partial charge < -0.3 is 9.47 Å². The van der Waals surface area contributed by atoms with Gasteiger partial charge in [-0.15, -0.1) is 0 Å². The van der Waals surface area contributed by atoms with Crippen LogP contribution in [0, 0.1) is 0 Å². The minimum Gasteiger partial charge on any atom is -0.310 e. The molecule has 58 heavy (non-hydrogen) atoms. The van der Waals surface area contributed by atoms with Crippen molar-refractivity contribution >= 4 is 82.5 Å². The molecule has 5 nitrogen and oxygen atoms in total. The van der Waals surface area contributed by atoms with Crippen LogP contribution in [-0.4, -0.2) is 18.7 Å². The SMILES string of the molecule is c1ccc(N(c2ccccc2)c2cccc(-n3c4ccccc4c4cc5c6ccccc6n(-c6cccc(-n7c8ccccc8c8ccccc87)n6)c5cc43)c2)cc1. The van der Waals surface area contributed by atoms with Gasteiger partial charge in [0, 0.05) is 55.1 Å². The Labute approximate surface area is 334 Å². The van der Waals surface area contributed by atoms with Crippen LogP contribution in [0.2, 0.25) is 0 Å². The number of para-hydroxylation sites is 6. The fraction of sp³-hybridized carbons (Fsp3) is 0. The number of hydrogen-bond acceptors (Lipinski definition) is 2. The van der Waals surface area contributed by atoms with Crippen LogP contribution in [0.4, 0.5) is 17.1 Å². The lowest BCUT2D eigenvalue weighted by Gasteiger charge is -2.26. The Kier molecular flexibility index (Phi) is 7.16. The van der Waals surface area contributed by atoms with Gasteiger partial charge in [-0.1, -0.05) is 121 Å². The molecule has 0 saturated heterocycles. The van der Waals surface area contributed by atoms with E-state index < -0.39 is 0 Å². The van der Waals surface area contributed by atoms with Crippen LogP contribution in [0.1, 0.15) is 0 Å². The van der Waals surface area contributed by atoms with Gasteiger partial charge in [-0.05, 0) is 91.0 Å². The Balaban J connectivity index is 1.10. The number of benzene rings is 8. The lowest BCUT2D eigenvalue weighted by atomic mass is 10.1. The van der Waals surface area contributed by atoms with Crippen molar-refractivity contribution in [3.05, 3.63) is 212 Å². The molecular weight excluding hydrogens is 707 g/mol. The molecule has 5 heteroatoms. The fourth-order valence-electron chi connectivity index (χ4n) is 9.16. The summed E-state index contributed by atoms with van der Waals surface area (Å²) >= 11 is 0. The normalized spacial score (nSPS) is 11.8. The summed E-state index contributed by atoms with van der Waals surface area (Å²) in [6.45, 7) is 0. The first kappa shape index (κ1) is 32.4. The monoisotopic (exact) mass is 741 g/mol. The van der Waals surface area contributed by atoms with E-state index in [2.05, 4.69) is 231 Å². The minimum absolute atomic E-state index is 0.871. The van der Waals surface area contributed by atoms with Gasteiger partial charge in [-0.25, -0.2) is 4.98 Å². The van der Waals surface area contributed by atoms with E-state index in [1.54, 1.807) is 0 Å². The van der Waals surface area contributed by atoms with Crippen molar-refractivity contribution in [2.75, 3.05) is 4.90 Å². The summed E-state index contributed by atoms with van der Waals surface area (Å²) in [4.78, 5) is 7.79. The van der Waals surface area contributed by atoms with Crippen molar-refractivity contribution in [3.63, 3.8) is 0 Å². The van der Waals surface area contributed by atoms with E-state index in [0.717, 1.165) is 67.5 Å². The maximum atomic E-state index is 5.46. The maximum absolute atomic E-state index is 5.46. The average Bonchev–Trinajstić information content (AvgIpc) is 3.92. The molecule has 0 amide bonds. The standard InChI is InChI=1S/C53H35N5/c1-3-17-36(18-4-1)55(37-19-5-2-6-20-37)38-21-15-22-39(33-38)56-46-27-11-9-25-42(46)44-34-45-43-26-10-14-30-49(43)58(51(45)35-50(44)56)53-32-16-31-52(54-53)57-47-28-12-7-23-40(47)41-24-8-13-29-48(41)57/h1-35H. The molecule has 0 fully saturated rings. The molecule has 0 aliphatic rings. The predicted molar refractivity (Wildman–Crippen MR) is 242 cm³/mol. The van der Waals surface area contributed by atoms with Crippen LogP contribution in [-0.2, 0) is 0 Å². The summed E-state index contributed by atoms with van der Waals surface area (Å²) in [7, 11) is 0. The van der Waals surface area contributed by atoms with E-state index in [0.29, 0.717) is 0 Å². The van der Waals surface area contributed by atoms with E-state index in [1.807, 2.05) is 0 Å². The molecule has 0 N–H and O–H groups in total. The van der Waals surface area contributed by atoms with Crippen molar-refractivity contribution in [2.45, 2.75) is 0 Å². The maximum Gasteiger partial charge on any atom is 0.140 e. The molecule has 0 radical (unpaired) electrons. The highest BCUT2D eigenvalue weighted by Crippen LogP contribution is 2.41. The molecule has 12 aromatic rings. The second-order valence-corrected chi connectivity index (χ2v) is 14.8. The number of fused-ring (bicyclic) bond motifs is 9. The van der Waals surface area contributed by atoms with Gasteiger partial charge in [0.25, 0.3) is 0 Å². The van der Waals surface area contributed by atoms with Gasteiger partial charge in [-0.3, -0.25) is 9.13 Å². The van der Waals surface area contributed by atoms with Gasteiger partial charge in [-0.2, -0.15) is 0 Å². The third-order valence-electron chi connectivity index (χ3n) is 11.6. The largest absolute Gasteiger partial charge is 0.310 e. The van der Waals surface area contributed by atoms with Crippen LogP contribution >= 0.6 is 0 Å². The van der Waals surface area contributed by atoms with Crippen molar-refractivity contribution in [1.29, 1.82) is 0 Å². The average molecular weight is 742 g/mol. The third-order valence-corrected chi connectivity index (χ3v) is 11.6. The Hall–Kier alpha value is -7.89. The first-order valence-electron chi connectivity index (χ1n) is 19.7. The molecular formula is C53H35N5. The summed E-state index contributed by atoms with van der Waals surface area (Å²) < 4.78 is 7.05. The fourth-order valence-corrected chi connectivity index (χ4v) is 9.16. The van der Waals surface area contributed by atoms with Gasteiger partial charge in [0.05, 0.1) is 33.1 Å². The molecule has 0 aliphatic heterocycles. The molecule has 0 unspecified atom stereocenters. The Morgan fingerprint density at radius 2 is 0.672 bits per heavy atom. The highest BCUT2D eigenvalue weighted by molar-refractivity contribution is 6.19. The molecule has 0 saturated carbocycles. The lowest BCUT2D eigenvalue weighted by Crippen LogP contribution is -2.10. The zero-order chi connectivity index (χ0) is 38.2. The second kappa shape index (κ2) is 12.8. The summed E-state index contributed by atoms with van der Waals surface area (Å²) in [6, 6.07) is 75.9. The number of hydrogen-bond donors (Lipinski definition) is 0. The summed E-state index contributed by atoms with van der Waals surface area (Å²) in [6.07, 6.45) is 0. The van der Waals surface area contributed by atoms with Crippen molar-refractivity contribution < 1.29 is 0 Å². The molecule has 0 aliphatic carbocycles. The first-order chi connectivity index (χ1) is 28.8. The Bertz CT molecular complexity index is 3430. The van der Waals surface area contributed by atoms with Gasteiger partial charge in [0.15, 0.2) is 0 Å². The van der Waals surface area contributed by atoms with Crippen LogP contribution in [0.25, 0.3) is 82.7 Å². The predicted octanol–water partition coefficient (Wildman–Crippen LogP) is 13.8. The Morgan fingerprint density at radius 1 is 0.276 bits per heavy atom. The van der Waals surface area contributed by atoms with E-state index in [9.17, 15) is 0 Å². The number of aromatic nitrogens is 4. The molecule has 4 heterocycles. The van der Waals surface area contributed by atoms with E-state index in [1.165, 1.54) is 32.3 Å². The van der Waals surface area contributed by atoms with E-state index >= 15 is 0 Å². The molecule has 8 aromatic carbocycles. The van der Waals surface area contributed by atoms with Crippen LogP contribution in [0.5, 0.6) is 0 Å². The second-order valence-electron chi connectivity index (χ2n) is 14.8. The quantitative estimate of drug-likeness (QED) is 0.170. The van der Waals surface area contributed by atoms with Crippen LogP contribution in [0.15, 0.2) is 212 Å². The van der Waals surface area contributed by atoms with Gasteiger partial charge in [0.2, 0.25) is 0 Å². The zero-order valence-corrected chi connectivity index (χ0v) is 31.4. The molecule has 0 atom stereocenters. The summed E-state index contributed by atoms with van der Waals surface area (Å²) in [5, 5.41) is 7.27. The highest BCUT2D eigenvalue weighted by Gasteiger charge is 2.21. The van der Waals surface area contributed by atoms with Crippen molar-refractivity contribution in [3.8, 4) is 17.3 Å². The molecule has 272 valence electrons. The third kappa shape index (κ3) is 4.87. The van der Waals surface area contributed by atoms with Crippen LogP contribution in [0.3, 0.4) is 0 Å². The number of nitrogens with zero attached hydrogens (tertiary/aromatic N) is 5.